The summed E-state index contributed by atoms with van der Waals surface area (Å²) in [7, 11) is 0. The second-order valence-electron chi connectivity index (χ2n) is 6.36. The van der Waals surface area contributed by atoms with Gasteiger partial charge < -0.3 is 15.2 Å². The van der Waals surface area contributed by atoms with Gasteiger partial charge in [-0.2, -0.15) is 0 Å². The van der Waals surface area contributed by atoms with E-state index in [4.69, 9.17) is 0 Å². The monoisotopic (exact) mass is 512 g/mol. The lowest BCUT2D eigenvalue weighted by Crippen LogP contribution is -2.38. The first-order valence-corrected chi connectivity index (χ1v) is 10.5. The maximum atomic E-state index is 4.65. The predicted molar refractivity (Wildman–Crippen MR) is 129 cm³/mol. The van der Waals surface area contributed by atoms with Crippen LogP contribution in [-0.2, 0) is 19.5 Å². The van der Waals surface area contributed by atoms with E-state index in [0.29, 0.717) is 6.54 Å². The van der Waals surface area contributed by atoms with Crippen LogP contribution in [0.2, 0.25) is 0 Å². The van der Waals surface area contributed by atoms with E-state index >= 15 is 0 Å². The quantitative estimate of drug-likeness (QED) is 0.206. The number of fused-ring (bicyclic) bond motifs is 1. The topological polar surface area (TPSA) is 67.1 Å². The summed E-state index contributed by atoms with van der Waals surface area (Å²) < 4.78 is 2.28. The molecule has 1 aromatic carbocycles. The minimum atomic E-state index is 0. The van der Waals surface area contributed by atoms with Crippen molar-refractivity contribution in [2.75, 3.05) is 13.1 Å². The summed E-state index contributed by atoms with van der Waals surface area (Å²) in [6, 6.07) is 8.30. The Morgan fingerprint density at radius 1 is 1.18 bits per heavy atom. The van der Waals surface area contributed by atoms with Gasteiger partial charge in [0.15, 0.2) is 5.96 Å². The molecule has 2 heterocycles. The summed E-state index contributed by atoms with van der Waals surface area (Å²) >= 11 is 1.71. The zero-order chi connectivity index (χ0) is 19.1. The van der Waals surface area contributed by atoms with Crippen molar-refractivity contribution in [2.24, 2.45) is 4.99 Å². The first-order chi connectivity index (χ1) is 13.2. The highest BCUT2D eigenvalue weighted by atomic mass is 127. The molecule has 28 heavy (non-hydrogen) atoms. The van der Waals surface area contributed by atoms with E-state index in [1.54, 1.807) is 11.3 Å². The van der Waals surface area contributed by atoms with Crippen LogP contribution in [0.3, 0.4) is 0 Å². The summed E-state index contributed by atoms with van der Waals surface area (Å²) in [5.74, 6) is 1.91. The maximum absolute atomic E-state index is 4.65. The molecular weight excluding hydrogens is 483 g/mol. The van der Waals surface area contributed by atoms with Gasteiger partial charge in [-0.3, -0.25) is 0 Å². The molecule has 0 amide bonds. The fourth-order valence-corrected chi connectivity index (χ4v) is 3.74. The largest absolute Gasteiger partial charge is 0.357 e. The molecule has 0 aliphatic rings. The van der Waals surface area contributed by atoms with Crippen molar-refractivity contribution >= 4 is 52.3 Å². The molecule has 0 aliphatic heterocycles. The fraction of sp³-hybridized carbons (Fsp3) is 0.450. The third-order valence-electron chi connectivity index (χ3n) is 4.34. The second kappa shape index (κ2) is 11.4. The summed E-state index contributed by atoms with van der Waals surface area (Å²) in [6.45, 7) is 9.52. The van der Waals surface area contributed by atoms with E-state index in [-0.39, 0.29) is 24.0 Å². The number of aryl methyl sites for hydroxylation is 3. The molecule has 3 aromatic rings. The van der Waals surface area contributed by atoms with Gasteiger partial charge in [0.05, 0.1) is 28.3 Å². The zero-order valence-electron chi connectivity index (χ0n) is 16.7. The molecule has 2 N–H and O–H groups in total. The Morgan fingerprint density at radius 3 is 2.75 bits per heavy atom. The molecule has 0 radical (unpaired) electrons. The smallest absolute Gasteiger partial charge is 0.191 e. The van der Waals surface area contributed by atoms with Gasteiger partial charge in [0.2, 0.25) is 0 Å². The third kappa shape index (κ3) is 5.91. The number of hydrogen-bond donors (Lipinski definition) is 2. The van der Waals surface area contributed by atoms with Crippen LogP contribution in [0.15, 0.2) is 34.6 Å². The Kier molecular flexibility index (Phi) is 9.17. The highest BCUT2D eigenvalue weighted by Crippen LogP contribution is 2.15. The summed E-state index contributed by atoms with van der Waals surface area (Å²) in [5, 5.41) is 9.99. The van der Waals surface area contributed by atoms with Crippen LogP contribution < -0.4 is 10.6 Å². The number of thiazole rings is 1. The van der Waals surface area contributed by atoms with Gasteiger partial charge in [0, 0.05) is 25.0 Å². The first-order valence-electron chi connectivity index (χ1n) is 9.58. The van der Waals surface area contributed by atoms with Gasteiger partial charge in [0.25, 0.3) is 0 Å². The number of nitrogens with one attached hydrogen (secondary N) is 2. The number of rotatable bonds is 8. The Hall–Kier alpha value is -1.68. The number of hydrogen-bond acceptors (Lipinski definition) is 4. The van der Waals surface area contributed by atoms with Crippen LogP contribution in [0, 0.1) is 6.92 Å². The number of guanidine groups is 1. The minimum Gasteiger partial charge on any atom is -0.357 e. The Bertz CT molecular complexity index is 901. The number of nitrogens with zero attached hydrogens (tertiary/aromatic N) is 4. The van der Waals surface area contributed by atoms with Crippen molar-refractivity contribution in [3.8, 4) is 0 Å². The normalized spacial score (nSPS) is 11.5. The minimum absolute atomic E-state index is 0. The van der Waals surface area contributed by atoms with Gasteiger partial charge in [-0.25, -0.2) is 15.0 Å². The lowest BCUT2D eigenvalue weighted by Gasteiger charge is -2.12. The molecule has 0 atom stereocenters. The first kappa shape index (κ1) is 22.6. The Labute approximate surface area is 187 Å². The zero-order valence-corrected chi connectivity index (χ0v) is 19.9. The average Bonchev–Trinajstić information content (AvgIpc) is 3.27. The Balaban J connectivity index is 0.00000280. The van der Waals surface area contributed by atoms with Crippen LogP contribution in [0.25, 0.3) is 11.0 Å². The lowest BCUT2D eigenvalue weighted by molar-refractivity contribution is 0.624. The molecule has 2 aromatic heterocycles. The Morgan fingerprint density at radius 2 is 2.00 bits per heavy atom. The van der Waals surface area contributed by atoms with Gasteiger partial charge in [-0.15, -0.1) is 35.3 Å². The fourth-order valence-electron chi connectivity index (χ4n) is 3.01. The molecule has 0 saturated heterocycles. The van der Waals surface area contributed by atoms with Crippen LogP contribution in [0.4, 0.5) is 0 Å². The molecular formula is C20H29IN6S. The molecule has 3 rings (SSSR count). The van der Waals surface area contributed by atoms with Crippen LogP contribution in [0.5, 0.6) is 0 Å². The molecule has 6 nitrogen and oxygen atoms in total. The average molecular weight is 512 g/mol. The van der Waals surface area contributed by atoms with Crippen LogP contribution in [-0.4, -0.2) is 33.6 Å². The van der Waals surface area contributed by atoms with E-state index in [9.17, 15) is 0 Å². The molecule has 8 heteroatoms. The predicted octanol–water partition coefficient (Wildman–Crippen LogP) is 4.13. The third-order valence-corrected chi connectivity index (χ3v) is 5.38. The summed E-state index contributed by atoms with van der Waals surface area (Å²) in [6.07, 6.45) is 1.98. The van der Waals surface area contributed by atoms with Crippen LogP contribution >= 0.6 is 35.3 Å². The molecule has 0 saturated carbocycles. The molecule has 0 spiro atoms. The number of aromatic nitrogens is 3. The van der Waals surface area contributed by atoms with E-state index in [1.807, 2.05) is 6.07 Å². The molecule has 0 bridgehead atoms. The number of para-hydroxylation sites is 2. The number of halogens is 1. The van der Waals surface area contributed by atoms with Crippen LogP contribution in [0.1, 0.15) is 36.8 Å². The molecule has 0 aliphatic carbocycles. The second-order valence-corrected chi connectivity index (χ2v) is 7.30. The van der Waals surface area contributed by atoms with E-state index < -0.39 is 0 Å². The highest BCUT2D eigenvalue weighted by Gasteiger charge is 2.06. The maximum Gasteiger partial charge on any atom is 0.191 e. The van der Waals surface area contributed by atoms with Crippen molar-refractivity contribution in [3.05, 3.63) is 46.2 Å². The van der Waals surface area contributed by atoms with E-state index in [2.05, 4.69) is 74.5 Å². The molecule has 152 valence electrons. The van der Waals surface area contributed by atoms with Gasteiger partial charge in [0.1, 0.15) is 5.82 Å². The van der Waals surface area contributed by atoms with Crippen molar-refractivity contribution in [1.29, 1.82) is 0 Å². The molecule has 0 fully saturated rings. The van der Waals surface area contributed by atoms with E-state index in [0.717, 1.165) is 55.5 Å². The van der Waals surface area contributed by atoms with Crippen molar-refractivity contribution in [3.63, 3.8) is 0 Å². The molecule has 0 unspecified atom stereocenters. The van der Waals surface area contributed by atoms with Crippen molar-refractivity contribution in [2.45, 2.75) is 46.7 Å². The summed E-state index contributed by atoms with van der Waals surface area (Å²) in [5.41, 5.74) is 3.30. The highest BCUT2D eigenvalue weighted by molar-refractivity contribution is 14.0. The standard InChI is InChI=1S/C20H28N6S.HI/c1-4-19-25-16(14-27-19)13-23-20(21-5-2)22-11-8-12-26-15(3)24-17-9-6-7-10-18(17)26;/h6-7,9-10,14H,4-5,8,11-13H2,1-3H3,(H2,21,22,23);1H. The van der Waals surface area contributed by atoms with Crippen molar-refractivity contribution in [1.82, 2.24) is 25.2 Å². The number of benzene rings is 1. The van der Waals surface area contributed by atoms with Crippen molar-refractivity contribution < 1.29 is 0 Å². The summed E-state index contributed by atoms with van der Waals surface area (Å²) in [4.78, 5) is 13.9. The van der Waals surface area contributed by atoms with Gasteiger partial charge >= 0.3 is 0 Å². The van der Waals surface area contributed by atoms with Gasteiger partial charge in [-0.1, -0.05) is 19.1 Å². The SMILES string of the molecule is CCNC(=NCc1csc(CC)n1)NCCCn1c(C)nc2ccccc21.I. The van der Waals surface area contributed by atoms with E-state index in [1.165, 1.54) is 10.5 Å². The lowest BCUT2D eigenvalue weighted by atomic mass is 10.3. The van der Waals surface area contributed by atoms with Gasteiger partial charge in [-0.05, 0) is 38.8 Å². The number of aliphatic imine (C=N–C) groups is 1. The number of imidazole rings is 1.